The normalized spacial score (nSPS) is 9.39. The summed E-state index contributed by atoms with van der Waals surface area (Å²) in [6, 6.07) is 16.8. The number of hydrogen-bond donors (Lipinski definition) is 0. The molecule has 0 spiro atoms. The molecule has 6 heteroatoms. The van der Waals surface area contributed by atoms with E-state index in [0.717, 1.165) is 21.3 Å². The molecule has 1 aromatic carbocycles. The summed E-state index contributed by atoms with van der Waals surface area (Å²) in [7, 11) is 0. The van der Waals surface area contributed by atoms with E-state index in [1.165, 1.54) is 0 Å². The van der Waals surface area contributed by atoms with Gasteiger partial charge < -0.3 is 4.98 Å². The van der Waals surface area contributed by atoms with Gasteiger partial charge in [-0.3, -0.25) is 0 Å². The zero-order chi connectivity index (χ0) is 15.0. The third kappa shape index (κ3) is 5.15. The smallest absolute Gasteiger partial charge is 0.152 e. The Balaban J connectivity index is 0.000000162. The molecule has 0 aliphatic rings. The van der Waals surface area contributed by atoms with Crippen molar-refractivity contribution in [2.24, 2.45) is 0 Å². The predicted octanol–water partition coefficient (Wildman–Crippen LogP) is 4.81. The molecular weight excluding hydrogens is 503 g/mol. The Labute approximate surface area is 156 Å². The van der Waals surface area contributed by atoms with Crippen molar-refractivity contribution < 1.29 is 20.1 Å². The number of thiazole rings is 2. The number of pyridine rings is 1. The Kier molecular flexibility index (Phi) is 7.22. The molecule has 1 radical (unpaired) electrons. The molecule has 0 aliphatic heterocycles. The zero-order valence-electron chi connectivity index (χ0n) is 11.9. The fourth-order valence-electron chi connectivity index (χ4n) is 1.73. The maximum absolute atomic E-state index is 4.22. The minimum atomic E-state index is 0. The minimum Gasteiger partial charge on any atom is -0.305 e. The monoisotopic (exact) mass is 515 g/mol. The van der Waals surface area contributed by atoms with E-state index >= 15 is 0 Å². The first-order valence-electron chi connectivity index (χ1n) is 6.61. The van der Waals surface area contributed by atoms with Gasteiger partial charge in [-0.1, -0.05) is 12.1 Å². The number of nitrogens with zero attached hydrogens (tertiary/aromatic N) is 3. The van der Waals surface area contributed by atoms with Crippen LogP contribution in [0.4, 0.5) is 0 Å². The number of rotatable bonds is 2. The van der Waals surface area contributed by atoms with Crippen LogP contribution >= 0.6 is 22.7 Å². The molecule has 4 aromatic rings. The van der Waals surface area contributed by atoms with Crippen molar-refractivity contribution in [3.8, 4) is 21.3 Å². The summed E-state index contributed by atoms with van der Waals surface area (Å²) in [5.74, 6) is 0. The van der Waals surface area contributed by atoms with E-state index in [0.29, 0.717) is 0 Å². The first-order chi connectivity index (χ1) is 10.9. The Morgan fingerprint density at radius 3 is 1.91 bits per heavy atom. The maximum atomic E-state index is 4.22. The van der Waals surface area contributed by atoms with E-state index in [2.05, 4.69) is 21.0 Å². The fraction of sp³-hybridized carbons (Fsp3) is 0. The Hall–Kier alpha value is -1.72. The van der Waals surface area contributed by atoms with Crippen molar-refractivity contribution in [1.29, 1.82) is 0 Å². The predicted molar refractivity (Wildman–Crippen MR) is 91.7 cm³/mol. The maximum Gasteiger partial charge on any atom is 0.152 e. The second kappa shape index (κ2) is 9.43. The van der Waals surface area contributed by atoms with E-state index < -0.39 is 0 Å². The summed E-state index contributed by atoms with van der Waals surface area (Å²) in [6.07, 6.45) is 5.37. The summed E-state index contributed by atoms with van der Waals surface area (Å²) >= 11 is 3.23. The van der Waals surface area contributed by atoms with Gasteiger partial charge in [0, 0.05) is 49.5 Å². The molecule has 3 aromatic heterocycles. The first-order valence-corrected chi connectivity index (χ1v) is 8.37. The summed E-state index contributed by atoms with van der Waals surface area (Å²) in [6.45, 7) is 0. The van der Waals surface area contributed by atoms with Crippen molar-refractivity contribution in [3.05, 3.63) is 77.9 Å². The molecule has 0 aliphatic carbocycles. The quantitative estimate of drug-likeness (QED) is 0.361. The van der Waals surface area contributed by atoms with Gasteiger partial charge in [0.05, 0.1) is 0 Å². The Bertz CT molecular complexity index is 704. The minimum absolute atomic E-state index is 0. The van der Waals surface area contributed by atoms with E-state index in [1.54, 1.807) is 41.3 Å². The molecule has 3 heterocycles. The molecule has 0 saturated heterocycles. The van der Waals surface area contributed by atoms with Crippen LogP contribution < -0.4 is 0 Å². The number of hydrogen-bond acceptors (Lipinski definition) is 5. The standard InChI is InChI=1S/C11H8N.C6H4N2S2.Ir/c1-2-6-10(7-3-1)11-8-4-5-9-12-11;1-3-9-5(7-1)6-8-2-4-10-6;/h1-6,8-9H;1-4H;/q-1;;. The number of aromatic nitrogens is 3. The van der Waals surface area contributed by atoms with Crippen molar-refractivity contribution in [1.82, 2.24) is 15.0 Å². The van der Waals surface area contributed by atoms with Crippen molar-refractivity contribution >= 4 is 22.7 Å². The van der Waals surface area contributed by atoms with Gasteiger partial charge in [-0.25, -0.2) is 9.97 Å². The average Bonchev–Trinajstić information content (AvgIpc) is 3.30. The third-order valence-corrected chi connectivity index (χ3v) is 4.39. The molecule has 0 atom stereocenters. The van der Waals surface area contributed by atoms with Crippen molar-refractivity contribution in [2.75, 3.05) is 0 Å². The van der Waals surface area contributed by atoms with Gasteiger partial charge >= 0.3 is 0 Å². The van der Waals surface area contributed by atoms with Gasteiger partial charge in [0.2, 0.25) is 0 Å². The molecule has 0 saturated carbocycles. The summed E-state index contributed by atoms with van der Waals surface area (Å²) in [5, 5.41) is 5.93. The van der Waals surface area contributed by atoms with Crippen LogP contribution in [0.3, 0.4) is 0 Å². The molecular formula is C17H12IrN3S2-. The zero-order valence-corrected chi connectivity index (χ0v) is 15.9. The van der Waals surface area contributed by atoms with E-state index in [4.69, 9.17) is 0 Å². The van der Waals surface area contributed by atoms with Gasteiger partial charge in [0.15, 0.2) is 10.0 Å². The van der Waals surface area contributed by atoms with E-state index in [-0.39, 0.29) is 20.1 Å². The molecule has 23 heavy (non-hydrogen) atoms. The first kappa shape index (κ1) is 17.6. The summed E-state index contributed by atoms with van der Waals surface area (Å²) in [5.41, 5.74) is 2.01. The van der Waals surface area contributed by atoms with Gasteiger partial charge in [-0.15, -0.1) is 58.6 Å². The van der Waals surface area contributed by atoms with Crippen LogP contribution in [0.5, 0.6) is 0 Å². The fourth-order valence-corrected chi connectivity index (χ4v) is 3.07. The van der Waals surface area contributed by atoms with E-state index in [9.17, 15) is 0 Å². The summed E-state index contributed by atoms with van der Waals surface area (Å²) in [4.78, 5) is 12.5. The molecule has 4 rings (SSSR count). The van der Waals surface area contributed by atoms with Crippen LogP contribution in [0.25, 0.3) is 21.3 Å². The molecule has 0 N–H and O–H groups in total. The van der Waals surface area contributed by atoms with Crippen molar-refractivity contribution in [2.45, 2.75) is 0 Å². The Morgan fingerprint density at radius 1 is 0.739 bits per heavy atom. The van der Waals surface area contributed by atoms with Gasteiger partial charge in [-0.05, 0) is 11.8 Å². The molecule has 0 fully saturated rings. The molecule has 0 unspecified atom stereocenters. The largest absolute Gasteiger partial charge is 0.305 e. The van der Waals surface area contributed by atoms with Crippen LogP contribution in [0, 0.1) is 6.07 Å². The van der Waals surface area contributed by atoms with Crippen LogP contribution in [-0.4, -0.2) is 15.0 Å². The summed E-state index contributed by atoms with van der Waals surface area (Å²) < 4.78 is 0. The molecule has 117 valence electrons. The molecule has 0 amide bonds. The topological polar surface area (TPSA) is 38.7 Å². The number of benzene rings is 1. The third-order valence-electron chi connectivity index (χ3n) is 2.70. The van der Waals surface area contributed by atoms with Crippen LogP contribution in [0.15, 0.2) is 71.8 Å². The van der Waals surface area contributed by atoms with E-state index in [1.807, 2.05) is 53.2 Å². The van der Waals surface area contributed by atoms with Gasteiger partial charge in [-0.2, -0.15) is 0 Å². The van der Waals surface area contributed by atoms with Crippen molar-refractivity contribution in [3.63, 3.8) is 0 Å². The second-order valence-electron chi connectivity index (χ2n) is 4.17. The molecule has 0 bridgehead atoms. The SMILES string of the molecule is [Ir].[c-]1ccccc1-c1ccccn1.c1csc(-c2nccs2)n1. The van der Waals surface area contributed by atoms with Crippen LogP contribution in [0.1, 0.15) is 0 Å². The molecule has 3 nitrogen and oxygen atoms in total. The Morgan fingerprint density at radius 2 is 1.43 bits per heavy atom. The van der Waals surface area contributed by atoms with Gasteiger partial charge in [0.1, 0.15) is 0 Å². The second-order valence-corrected chi connectivity index (χ2v) is 5.95. The van der Waals surface area contributed by atoms with Crippen LogP contribution in [0.2, 0.25) is 0 Å². The average molecular weight is 515 g/mol. The van der Waals surface area contributed by atoms with Crippen LogP contribution in [-0.2, 0) is 20.1 Å². The van der Waals surface area contributed by atoms with Gasteiger partial charge in [0.25, 0.3) is 0 Å².